The van der Waals surface area contributed by atoms with Crippen LogP contribution >= 0.6 is 0 Å². The molecule has 0 saturated carbocycles. The minimum absolute atomic E-state index is 0.290. The first kappa shape index (κ1) is 29.2. The molecular weight excluding hydrogens is 633 g/mol. The third kappa shape index (κ3) is 4.03. The standard InChI is InChI=1S/C48H34N4/c1-48(2)41-28-39-34-22-12-10-20-32(34)31-19-9-11-21-33(31)38(39)27-40(41)36-25-26-37-35-23-13-14-24-42(35)52(44(37)43(36)48)47-50-45(29-15-5-3-6-16-29)49-46(51-47)30-17-7-4-8-18-30/h3-28,45H,1-2H3,(H,49,50,51). The molecule has 0 amide bonds. The van der Waals surface area contributed by atoms with Crippen LogP contribution in [0.15, 0.2) is 168 Å². The van der Waals surface area contributed by atoms with Crippen molar-refractivity contribution in [1.29, 1.82) is 0 Å². The van der Waals surface area contributed by atoms with Gasteiger partial charge in [-0.1, -0.05) is 153 Å². The Hall–Kier alpha value is -6.52. The molecule has 1 aliphatic heterocycles. The highest BCUT2D eigenvalue weighted by atomic mass is 15.3. The molecule has 1 unspecified atom stereocenters. The quantitative estimate of drug-likeness (QED) is 0.183. The highest BCUT2D eigenvalue weighted by Gasteiger charge is 2.40. The first-order valence-electron chi connectivity index (χ1n) is 18.0. The van der Waals surface area contributed by atoms with E-state index in [1.165, 1.54) is 70.9 Å². The number of hydrogen-bond donors (Lipinski definition) is 1. The number of nitrogens with one attached hydrogen (secondary N) is 1. The van der Waals surface area contributed by atoms with Crippen LogP contribution in [0, 0.1) is 0 Å². The molecule has 0 radical (unpaired) electrons. The summed E-state index contributed by atoms with van der Waals surface area (Å²) in [6.07, 6.45) is -0.297. The molecule has 4 heteroatoms. The van der Waals surface area contributed by atoms with E-state index in [0.29, 0.717) is 5.84 Å². The molecule has 8 aromatic carbocycles. The third-order valence-electron chi connectivity index (χ3n) is 11.4. The summed E-state index contributed by atoms with van der Waals surface area (Å²) in [7, 11) is 0. The van der Waals surface area contributed by atoms with Crippen molar-refractivity contribution in [2.45, 2.75) is 25.4 Å². The predicted octanol–water partition coefficient (Wildman–Crippen LogP) is 11.5. The highest BCUT2D eigenvalue weighted by molar-refractivity contribution is 6.27. The molecule has 1 N–H and O–H groups in total. The zero-order valence-electron chi connectivity index (χ0n) is 28.9. The number of hydrogen-bond acceptors (Lipinski definition) is 3. The van der Waals surface area contributed by atoms with Crippen LogP contribution in [-0.4, -0.2) is 16.4 Å². The number of rotatable bonds is 2. The van der Waals surface area contributed by atoms with Gasteiger partial charge in [0, 0.05) is 21.8 Å². The van der Waals surface area contributed by atoms with E-state index in [1.54, 1.807) is 0 Å². The lowest BCUT2D eigenvalue weighted by molar-refractivity contribution is 0.655. The lowest BCUT2D eigenvalue weighted by Crippen LogP contribution is -2.37. The van der Waals surface area contributed by atoms with Gasteiger partial charge < -0.3 is 5.32 Å². The maximum Gasteiger partial charge on any atom is 0.211 e. The molecular formula is C48H34N4. The molecule has 0 spiro atoms. The molecule has 0 bridgehead atoms. The molecule has 0 saturated heterocycles. The van der Waals surface area contributed by atoms with Crippen molar-refractivity contribution >= 4 is 65.9 Å². The van der Waals surface area contributed by atoms with Gasteiger partial charge >= 0.3 is 0 Å². The molecule has 1 atom stereocenters. The molecule has 1 aromatic heterocycles. The summed E-state index contributed by atoms with van der Waals surface area (Å²) in [5, 5.41) is 14.0. The van der Waals surface area contributed by atoms with E-state index in [0.717, 1.165) is 22.6 Å². The summed E-state index contributed by atoms with van der Waals surface area (Å²) in [6.45, 7) is 4.79. The first-order chi connectivity index (χ1) is 25.6. The average molecular weight is 667 g/mol. The summed E-state index contributed by atoms with van der Waals surface area (Å²) in [4.78, 5) is 10.5. The molecule has 2 heterocycles. The fourth-order valence-corrected chi connectivity index (χ4v) is 9.03. The minimum atomic E-state index is -0.297. The number of nitrogens with zero attached hydrogens (tertiary/aromatic N) is 3. The zero-order valence-corrected chi connectivity index (χ0v) is 28.9. The topological polar surface area (TPSA) is 41.7 Å². The fraction of sp³-hybridized carbons (Fsp3) is 0.0833. The lowest BCUT2D eigenvalue weighted by atomic mass is 9.80. The average Bonchev–Trinajstić information content (AvgIpc) is 3.66. The Morgan fingerprint density at radius 2 is 1.12 bits per heavy atom. The predicted molar refractivity (Wildman–Crippen MR) is 218 cm³/mol. The van der Waals surface area contributed by atoms with Crippen molar-refractivity contribution in [3.63, 3.8) is 0 Å². The summed E-state index contributed by atoms with van der Waals surface area (Å²) in [6, 6.07) is 56.9. The largest absolute Gasteiger partial charge is 0.330 e. The second kappa shape index (κ2) is 10.7. The molecule has 1 aliphatic carbocycles. The third-order valence-corrected chi connectivity index (χ3v) is 11.4. The van der Waals surface area contributed by atoms with E-state index in [4.69, 9.17) is 9.98 Å². The van der Waals surface area contributed by atoms with Crippen LogP contribution in [0.4, 0.5) is 0 Å². The van der Waals surface area contributed by atoms with Gasteiger partial charge in [-0.2, -0.15) is 4.99 Å². The Balaban J connectivity index is 1.21. The Labute approximate surface area is 301 Å². The SMILES string of the molecule is CC1(C)c2cc3c4ccccc4c4ccccc4c3cc2-c2ccc3c4ccccc4n(C4=NC(c5ccccc5)=NC(c5ccccc5)N4)c3c21. The van der Waals surface area contributed by atoms with Gasteiger partial charge in [-0.05, 0) is 78.3 Å². The van der Waals surface area contributed by atoms with Crippen LogP contribution in [0.2, 0.25) is 0 Å². The van der Waals surface area contributed by atoms with Crippen LogP contribution < -0.4 is 5.32 Å². The minimum Gasteiger partial charge on any atom is -0.330 e. The number of benzene rings is 8. The van der Waals surface area contributed by atoms with Crippen molar-refractivity contribution < 1.29 is 0 Å². The van der Waals surface area contributed by atoms with E-state index < -0.39 is 0 Å². The molecule has 2 aliphatic rings. The van der Waals surface area contributed by atoms with Crippen LogP contribution in [0.25, 0.3) is 65.3 Å². The molecule has 0 fully saturated rings. The smallest absolute Gasteiger partial charge is 0.211 e. The summed E-state index contributed by atoms with van der Waals surface area (Å²) >= 11 is 0. The van der Waals surface area contributed by atoms with Gasteiger partial charge in [-0.15, -0.1) is 0 Å². The monoisotopic (exact) mass is 666 g/mol. The van der Waals surface area contributed by atoms with Crippen molar-refractivity contribution in [1.82, 2.24) is 9.88 Å². The first-order valence-corrected chi connectivity index (χ1v) is 18.0. The summed E-state index contributed by atoms with van der Waals surface area (Å²) in [5.74, 6) is 1.49. The van der Waals surface area contributed by atoms with Crippen molar-refractivity contribution in [3.05, 3.63) is 180 Å². The van der Waals surface area contributed by atoms with Gasteiger partial charge in [0.2, 0.25) is 5.96 Å². The molecule has 11 rings (SSSR count). The maximum atomic E-state index is 5.32. The zero-order chi connectivity index (χ0) is 34.6. The molecule has 246 valence electrons. The van der Waals surface area contributed by atoms with Gasteiger partial charge in [0.15, 0.2) is 5.84 Å². The van der Waals surface area contributed by atoms with Crippen LogP contribution in [0.5, 0.6) is 0 Å². The van der Waals surface area contributed by atoms with Crippen LogP contribution in [0.3, 0.4) is 0 Å². The van der Waals surface area contributed by atoms with Crippen LogP contribution in [-0.2, 0) is 5.41 Å². The fourth-order valence-electron chi connectivity index (χ4n) is 9.03. The van der Waals surface area contributed by atoms with E-state index in [9.17, 15) is 0 Å². The number of aliphatic imine (C=N–C) groups is 2. The van der Waals surface area contributed by atoms with Gasteiger partial charge in [0.05, 0.1) is 11.0 Å². The number of amidine groups is 1. The number of fused-ring (bicyclic) bond motifs is 13. The van der Waals surface area contributed by atoms with E-state index >= 15 is 0 Å². The van der Waals surface area contributed by atoms with E-state index in [-0.39, 0.29) is 11.6 Å². The second-order valence-electron chi connectivity index (χ2n) is 14.6. The maximum absolute atomic E-state index is 5.32. The summed E-state index contributed by atoms with van der Waals surface area (Å²) < 4.78 is 2.37. The normalized spacial score (nSPS) is 16.2. The van der Waals surface area contributed by atoms with Crippen molar-refractivity contribution in [3.8, 4) is 11.1 Å². The Morgan fingerprint density at radius 1 is 0.538 bits per heavy atom. The van der Waals surface area contributed by atoms with E-state index in [2.05, 4.69) is 169 Å². The van der Waals surface area contributed by atoms with Gasteiger partial charge in [-0.3, -0.25) is 4.57 Å². The number of aromatic nitrogens is 1. The number of para-hydroxylation sites is 1. The molecule has 52 heavy (non-hydrogen) atoms. The van der Waals surface area contributed by atoms with Gasteiger partial charge in [-0.25, -0.2) is 4.99 Å². The molecule has 4 nitrogen and oxygen atoms in total. The van der Waals surface area contributed by atoms with Gasteiger partial charge in [0.1, 0.15) is 6.17 Å². The Morgan fingerprint density at radius 3 is 1.81 bits per heavy atom. The molecule has 9 aromatic rings. The lowest BCUT2D eigenvalue weighted by Gasteiger charge is -2.27. The Kier molecular flexibility index (Phi) is 6.04. The second-order valence-corrected chi connectivity index (χ2v) is 14.6. The van der Waals surface area contributed by atoms with E-state index in [1.807, 2.05) is 12.1 Å². The van der Waals surface area contributed by atoms with Gasteiger partial charge in [0.25, 0.3) is 0 Å². The van der Waals surface area contributed by atoms with Crippen LogP contribution in [0.1, 0.15) is 42.3 Å². The Bertz CT molecular complexity index is 3000. The highest BCUT2D eigenvalue weighted by Crippen LogP contribution is 2.54. The summed E-state index contributed by atoms with van der Waals surface area (Å²) in [5.41, 5.74) is 9.36. The van der Waals surface area contributed by atoms with Crippen molar-refractivity contribution in [2.75, 3.05) is 0 Å². The van der Waals surface area contributed by atoms with Crippen molar-refractivity contribution in [2.24, 2.45) is 9.98 Å².